The smallest absolute Gasteiger partial charge is 0.306 e. The van der Waals surface area contributed by atoms with Gasteiger partial charge in [0.25, 0.3) is 0 Å². The summed E-state index contributed by atoms with van der Waals surface area (Å²) in [7, 11) is 0. The third-order valence-corrected chi connectivity index (χ3v) is 14.5. The molecule has 0 saturated heterocycles. The van der Waals surface area contributed by atoms with Crippen molar-refractivity contribution < 1.29 is 28.6 Å². The summed E-state index contributed by atoms with van der Waals surface area (Å²) >= 11 is 0. The highest BCUT2D eigenvalue weighted by molar-refractivity contribution is 5.71. The van der Waals surface area contributed by atoms with Crippen molar-refractivity contribution in [2.24, 2.45) is 0 Å². The second-order valence-corrected chi connectivity index (χ2v) is 22.0. The lowest BCUT2D eigenvalue weighted by atomic mass is 10.0. The van der Waals surface area contributed by atoms with Crippen LogP contribution in [0, 0.1) is 0 Å². The van der Waals surface area contributed by atoms with Crippen LogP contribution in [0.5, 0.6) is 0 Å². The predicted octanol–water partition coefficient (Wildman–Crippen LogP) is 22.3. The molecule has 0 aliphatic heterocycles. The normalized spacial score (nSPS) is 12.4. The van der Waals surface area contributed by atoms with Gasteiger partial charge in [-0.3, -0.25) is 14.4 Å². The van der Waals surface area contributed by atoms with Crippen LogP contribution in [0.25, 0.3) is 0 Å². The van der Waals surface area contributed by atoms with Crippen LogP contribution in [0.2, 0.25) is 0 Å². The molecular formula is C69H124O6. The standard InChI is InChI=1S/C69H124O6/c1-4-7-10-13-16-19-22-25-27-29-31-32-33-34-35-36-38-39-41-44-47-50-53-56-59-62-68(71)74-65-66(64-73-67(70)61-58-55-52-49-46-43-24-21-18-15-12-9-6-3)75-69(72)63-60-57-54-51-48-45-42-40-37-30-28-26-23-20-17-14-11-8-5-2/h8,11,17,20-21,24,26,28,37,40,66H,4-7,9-10,12-16,18-19,22-23,25,27,29-36,38-39,41-65H2,1-3H3/b11-8-,20-17-,24-21-,28-26-,40-37-. The molecule has 0 aromatic heterocycles. The van der Waals surface area contributed by atoms with Gasteiger partial charge in [0.15, 0.2) is 6.10 Å². The molecule has 1 atom stereocenters. The van der Waals surface area contributed by atoms with E-state index in [1.165, 1.54) is 199 Å². The highest BCUT2D eigenvalue weighted by Gasteiger charge is 2.19. The van der Waals surface area contributed by atoms with Crippen LogP contribution in [-0.4, -0.2) is 37.2 Å². The summed E-state index contributed by atoms with van der Waals surface area (Å²) in [6, 6.07) is 0. The highest BCUT2D eigenvalue weighted by Crippen LogP contribution is 2.18. The monoisotopic (exact) mass is 1050 g/mol. The van der Waals surface area contributed by atoms with Gasteiger partial charge in [0.1, 0.15) is 13.2 Å². The van der Waals surface area contributed by atoms with Gasteiger partial charge in [-0.1, -0.05) is 300 Å². The van der Waals surface area contributed by atoms with E-state index in [0.29, 0.717) is 19.3 Å². The van der Waals surface area contributed by atoms with Crippen molar-refractivity contribution in [1.29, 1.82) is 0 Å². The Labute approximate surface area is 466 Å². The zero-order valence-electron chi connectivity index (χ0n) is 50.1. The van der Waals surface area contributed by atoms with Crippen LogP contribution >= 0.6 is 0 Å². The molecule has 0 aliphatic rings. The summed E-state index contributed by atoms with van der Waals surface area (Å²) in [6.45, 7) is 6.54. The van der Waals surface area contributed by atoms with Gasteiger partial charge < -0.3 is 14.2 Å². The molecule has 0 heterocycles. The molecule has 0 N–H and O–H groups in total. The Morgan fingerprint density at radius 2 is 0.520 bits per heavy atom. The fourth-order valence-corrected chi connectivity index (χ4v) is 9.61. The lowest BCUT2D eigenvalue weighted by molar-refractivity contribution is -0.167. The quantitative estimate of drug-likeness (QED) is 0.0261. The van der Waals surface area contributed by atoms with E-state index in [2.05, 4.69) is 81.5 Å². The minimum Gasteiger partial charge on any atom is -0.462 e. The molecule has 1 unspecified atom stereocenters. The molecule has 0 bridgehead atoms. The van der Waals surface area contributed by atoms with Gasteiger partial charge in [-0.05, 0) is 83.5 Å². The molecule has 6 heteroatoms. The van der Waals surface area contributed by atoms with Crippen molar-refractivity contribution in [3.05, 3.63) is 60.8 Å². The van der Waals surface area contributed by atoms with Gasteiger partial charge in [0.05, 0.1) is 0 Å². The first kappa shape index (κ1) is 72.1. The second-order valence-electron chi connectivity index (χ2n) is 22.0. The largest absolute Gasteiger partial charge is 0.462 e. The Hall–Kier alpha value is -2.89. The molecule has 0 amide bonds. The van der Waals surface area contributed by atoms with Crippen molar-refractivity contribution in [2.75, 3.05) is 13.2 Å². The van der Waals surface area contributed by atoms with E-state index < -0.39 is 6.10 Å². The maximum Gasteiger partial charge on any atom is 0.306 e. The summed E-state index contributed by atoms with van der Waals surface area (Å²) in [5.41, 5.74) is 0. The van der Waals surface area contributed by atoms with Crippen LogP contribution in [0.15, 0.2) is 60.8 Å². The van der Waals surface area contributed by atoms with Crippen molar-refractivity contribution in [3.63, 3.8) is 0 Å². The highest BCUT2D eigenvalue weighted by atomic mass is 16.6. The molecular weight excluding hydrogens is 925 g/mol. The first-order valence-electron chi connectivity index (χ1n) is 32.8. The van der Waals surface area contributed by atoms with Gasteiger partial charge in [0.2, 0.25) is 0 Å². The van der Waals surface area contributed by atoms with E-state index in [1.807, 2.05) is 0 Å². The zero-order valence-corrected chi connectivity index (χ0v) is 50.1. The number of hydrogen-bond acceptors (Lipinski definition) is 6. The molecule has 0 aromatic carbocycles. The molecule has 436 valence electrons. The lowest BCUT2D eigenvalue weighted by Gasteiger charge is -2.18. The zero-order chi connectivity index (χ0) is 54.3. The topological polar surface area (TPSA) is 78.9 Å². The lowest BCUT2D eigenvalue weighted by Crippen LogP contribution is -2.30. The number of carbonyl (C=O) groups excluding carboxylic acids is 3. The number of esters is 3. The number of hydrogen-bond donors (Lipinski definition) is 0. The maximum atomic E-state index is 12.9. The Balaban J connectivity index is 4.27. The first-order chi connectivity index (χ1) is 37.0. The van der Waals surface area contributed by atoms with Crippen molar-refractivity contribution in [2.45, 2.75) is 348 Å². The van der Waals surface area contributed by atoms with Gasteiger partial charge in [-0.2, -0.15) is 0 Å². The Morgan fingerprint density at radius 1 is 0.280 bits per heavy atom. The van der Waals surface area contributed by atoms with Crippen molar-refractivity contribution in [1.82, 2.24) is 0 Å². The third kappa shape index (κ3) is 61.8. The van der Waals surface area contributed by atoms with E-state index in [0.717, 1.165) is 103 Å². The molecule has 0 radical (unpaired) electrons. The van der Waals surface area contributed by atoms with E-state index in [-0.39, 0.29) is 31.1 Å². The molecule has 0 fully saturated rings. The molecule has 0 spiro atoms. The van der Waals surface area contributed by atoms with Crippen LogP contribution in [0.1, 0.15) is 342 Å². The number of ether oxygens (including phenoxy) is 3. The van der Waals surface area contributed by atoms with Crippen molar-refractivity contribution in [3.8, 4) is 0 Å². The second kappa shape index (κ2) is 63.6. The number of rotatable bonds is 60. The van der Waals surface area contributed by atoms with Crippen LogP contribution in [0.4, 0.5) is 0 Å². The SMILES string of the molecule is CC/C=C\C/C=C\C/C=C\C/C=C\CCCCCCCCC(=O)OC(COC(=O)CCCCCCC/C=C\CCCCCC)COC(=O)CCCCCCCCCCCCCCCCCCCCCCCCCCC. The summed E-state index contributed by atoms with van der Waals surface area (Å²) in [4.78, 5) is 38.3. The minimum absolute atomic E-state index is 0.0796. The predicted molar refractivity (Wildman–Crippen MR) is 325 cm³/mol. The van der Waals surface area contributed by atoms with Gasteiger partial charge in [0, 0.05) is 19.3 Å². The summed E-state index contributed by atoms with van der Waals surface area (Å²) < 4.78 is 16.9. The van der Waals surface area contributed by atoms with E-state index in [9.17, 15) is 14.4 Å². The summed E-state index contributed by atoms with van der Waals surface area (Å²) in [5, 5.41) is 0. The third-order valence-electron chi connectivity index (χ3n) is 14.5. The number of unbranched alkanes of at least 4 members (excludes halogenated alkanes) is 39. The van der Waals surface area contributed by atoms with Crippen LogP contribution in [0.3, 0.4) is 0 Å². The molecule has 75 heavy (non-hydrogen) atoms. The number of carbonyl (C=O) groups is 3. The molecule has 0 rings (SSSR count). The van der Waals surface area contributed by atoms with Crippen LogP contribution in [-0.2, 0) is 28.6 Å². The minimum atomic E-state index is -0.785. The molecule has 0 saturated carbocycles. The summed E-state index contributed by atoms with van der Waals surface area (Å²) in [5.74, 6) is -0.885. The van der Waals surface area contributed by atoms with E-state index in [1.54, 1.807) is 0 Å². The maximum absolute atomic E-state index is 12.9. The molecule has 0 aliphatic carbocycles. The van der Waals surface area contributed by atoms with Gasteiger partial charge >= 0.3 is 17.9 Å². The van der Waals surface area contributed by atoms with Gasteiger partial charge in [-0.25, -0.2) is 0 Å². The average Bonchev–Trinajstić information content (AvgIpc) is 3.41. The Bertz CT molecular complexity index is 1340. The molecule has 0 aromatic rings. The first-order valence-corrected chi connectivity index (χ1v) is 32.8. The van der Waals surface area contributed by atoms with E-state index in [4.69, 9.17) is 14.2 Å². The van der Waals surface area contributed by atoms with Gasteiger partial charge in [-0.15, -0.1) is 0 Å². The Morgan fingerprint density at radius 3 is 0.840 bits per heavy atom. The Kier molecular flexibility index (Phi) is 61.2. The fourth-order valence-electron chi connectivity index (χ4n) is 9.61. The number of allylic oxidation sites excluding steroid dienone is 10. The molecule has 6 nitrogen and oxygen atoms in total. The summed E-state index contributed by atoms with van der Waals surface area (Å²) in [6.07, 6.45) is 80.9. The van der Waals surface area contributed by atoms with Crippen LogP contribution < -0.4 is 0 Å². The van der Waals surface area contributed by atoms with Crippen molar-refractivity contribution >= 4 is 17.9 Å². The fraction of sp³-hybridized carbons (Fsp3) is 0.812. The average molecular weight is 1050 g/mol. The van der Waals surface area contributed by atoms with E-state index >= 15 is 0 Å².